The van der Waals surface area contributed by atoms with E-state index >= 15 is 0 Å². The van der Waals surface area contributed by atoms with Gasteiger partial charge in [0, 0.05) is 18.8 Å². The average Bonchev–Trinajstić information content (AvgIpc) is 2.57. The van der Waals surface area contributed by atoms with Crippen LogP contribution in [0.25, 0.3) is 0 Å². The number of ether oxygens (including phenoxy) is 2. The van der Waals surface area contributed by atoms with Crippen molar-refractivity contribution in [2.45, 2.75) is 6.54 Å². The van der Waals surface area contributed by atoms with E-state index in [0.717, 1.165) is 0 Å². The molecular weight excluding hydrogens is 334 g/mol. The fourth-order valence-corrected chi connectivity index (χ4v) is 2.72. The number of nitrogens with one attached hydrogen (secondary N) is 1. The molecule has 0 amide bonds. The molecule has 0 aliphatic heterocycles. The monoisotopic (exact) mass is 353 g/mol. The number of sulfonamides is 1. The van der Waals surface area contributed by atoms with E-state index in [1.54, 1.807) is 31.4 Å². The van der Waals surface area contributed by atoms with Gasteiger partial charge in [-0.05, 0) is 30.3 Å². The Morgan fingerprint density at radius 2 is 1.88 bits per heavy atom. The summed E-state index contributed by atoms with van der Waals surface area (Å²) in [6.07, 6.45) is 1.47. The zero-order valence-electron chi connectivity index (χ0n) is 13.2. The second-order valence-corrected chi connectivity index (χ2v) is 6.75. The molecule has 0 spiro atoms. The molecule has 1 N–H and O–H groups in total. The van der Waals surface area contributed by atoms with Gasteiger partial charge in [-0.15, -0.1) is 0 Å². The first-order valence-electron chi connectivity index (χ1n) is 7.26. The van der Waals surface area contributed by atoms with Crippen LogP contribution < -0.4 is 19.8 Å². The number of hydrogen-bond acceptors (Lipinski definition) is 6. The van der Waals surface area contributed by atoms with Crippen molar-refractivity contribution < 1.29 is 17.9 Å². The van der Waals surface area contributed by atoms with E-state index in [2.05, 4.69) is 9.82 Å². The van der Waals surface area contributed by atoms with Crippen molar-refractivity contribution >= 4 is 10.0 Å². The predicted molar refractivity (Wildman–Crippen MR) is 88.8 cm³/mol. The summed E-state index contributed by atoms with van der Waals surface area (Å²) in [6.45, 7) is 0.269. The van der Waals surface area contributed by atoms with Gasteiger partial charge in [-0.25, -0.2) is 17.8 Å². The summed E-state index contributed by atoms with van der Waals surface area (Å²) in [6, 6.07) is 9.75. The Kier molecular flexibility index (Phi) is 6.33. The van der Waals surface area contributed by atoms with E-state index in [9.17, 15) is 13.2 Å². The van der Waals surface area contributed by atoms with Gasteiger partial charge in [0.2, 0.25) is 10.0 Å². The Morgan fingerprint density at radius 3 is 2.54 bits per heavy atom. The SMILES string of the molecule is COc1ccc(OCCS(=O)(=O)NCCn2ncccc2=O)cc1. The molecule has 1 aromatic carbocycles. The summed E-state index contributed by atoms with van der Waals surface area (Å²) in [4.78, 5) is 11.4. The van der Waals surface area contributed by atoms with Crippen molar-refractivity contribution in [1.82, 2.24) is 14.5 Å². The molecule has 130 valence electrons. The maximum atomic E-state index is 11.9. The van der Waals surface area contributed by atoms with Gasteiger partial charge in [-0.3, -0.25) is 4.79 Å². The molecule has 0 bridgehead atoms. The number of rotatable bonds is 9. The lowest BCUT2D eigenvalue weighted by molar-refractivity contribution is 0.339. The molecule has 0 atom stereocenters. The van der Waals surface area contributed by atoms with Crippen LogP contribution in [0.2, 0.25) is 0 Å². The van der Waals surface area contributed by atoms with Crippen LogP contribution in [0.3, 0.4) is 0 Å². The summed E-state index contributed by atoms with van der Waals surface area (Å²) >= 11 is 0. The molecule has 0 aliphatic carbocycles. The van der Waals surface area contributed by atoms with Gasteiger partial charge in [0.05, 0.1) is 19.4 Å². The summed E-state index contributed by atoms with van der Waals surface area (Å²) in [5.74, 6) is 1.07. The van der Waals surface area contributed by atoms with Gasteiger partial charge in [0.1, 0.15) is 18.1 Å². The van der Waals surface area contributed by atoms with Crippen LogP contribution in [-0.2, 0) is 16.6 Å². The Morgan fingerprint density at radius 1 is 1.17 bits per heavy atom. The average molecular weight is 353 g/mol. The summed E-state index contributed by atoms with van der Waals surface area (Å²) in [7, 11) is -1.93. The van der Waals surface area contributed by atoms with E-state index in [0.29, 0.717) is 11.5 Å². The van der Waals surface area contributed by atoms with Gasteiger partial charge in [0.25, 0.3) is 5.56 Å². The largest absolute Gasteiger partial charge is 0.497 e. The van der Waals surface area contributed by atoms with Gasteiger partial charge in [-0.1, -0.05) is 0 Å². The highest BCUT2D eigenvalue weighted by Crippen LogP contribution is 2.16. The molecular formula is C15H19N3O5S. The second kappa shape index (κ2) is 8.46. The van der Waals surface area contributed by atoms with Crippen molar-refractivity contribution in [3.8, 4) is 11.5 Å². The lowest BCUT2D eigenvalue weighted by Gasteiger charge is -2.09. The first kappa shape index (κ1) is 18.0. The summed E-state index contributed by atoms with van der Waals surface area (Å²) < 4.78 is 37.8. The highest BCUT2D eigenvalue weighted by Gasteiger charge is 2.10. The molecule has 0 saturated carbocycles. The second-order valence-electron chi connectivity index (χ2n) is 4.82. The summed E-state index contributed by atoms with van der Waals surface area (Å²) in [5, 5.41) is 3.85. The van der Waals surface area contributed by atoms with Gasteiger partial charge >= 0.3 is 0 Å². The van der Waals surface area contributed by atoms with Crippen molar-refractivity contribution in [1.29, 1.82) is 0 Å². The number of benzene rings is 1. The lowest BCUT2D eigenvalue weighted by Crippen LogP contribution is -2.34. The number of methoxy groups -OCH3 is 1. The van der Waals surface area contributed by atoms with Crippen LogP contribution in [0.15, 0.2) is 47.4 Å². The van der Waals surface area contributed by atoms with E-state index in [1.165, 1.54) is 23.0 Å². The highest BCUT2D eigenvalue weighted by atomic mass is 32.2. The van der Waals surface area contributed by atoms with Crippen LogP contribution >= 0.6 is 0 Å². The van der Waals surface area contributed by atoms with E-state index in [4.69, 9.17) is 9.47 Å². The maximum Gasteiger partial charge on any atom is 0.266 e. The number of hydrogen-bond donors (Lipinski definition) is 1. The zero-order chi connectivity index (χ0) is 17.4. The smallest absolute Gasteiger partial charge is 0.266 e. The molecule has 1 heterocycles. The maximum absolute atomic E-state index is 11.9. The van der Waals surface area contributed by atoms with Crippen LogP contribution in [-0.4, -0.2) is 44.2 Å². The normalized spacial score (nSPS) is 11.2. The molecule has 0 fully saturated rings. The fraction of sp³-hybridized carbons (Fsp3) is 0.333. The number of aromatic nitrogens is 2. The molecule has 24 heavy (non-hydrogen) atoms. The van der Waals surface area contributed by atoms with E-state index in [1.807, 2.05) is 0 Å². The fourth-order valence-electron chi connectivity index (χ4n) is 1.88. The molecule has 8 nitrogen and oxygen atoms in total. The lowest BCUT2D eigenvalue weighted by atomic mass is 10.3. The van der Waals surface area contributed by atoms with Gasteiger partial charge in [-0.2, -0.15) is 5.10 Å². The molecule has 1 aromatic heterocycles. The minimum absolute atomic E-state index is 0.0190. The third-order valence-electron chi connectivity index (χ3n) is 3.11. The molecule has 0 saturated heterocycles. The first-order valence-corrected chi connectivity index (χ1v) is 8.92. The Bertz CT molecular complexity index is 802. The van der Waals surface area contributed by atoms with Crippen LogP contribution in [0, 0.1) is 0 Å². The van der Waals surface area contributed by atoms with Crippen LogP contribution in [0.1, 0.15) is 0 Å². The number of nitrogens with zero attached hydrogens (tertiary/aromatic N) is 2. The molecule has 2 aromatic rings. The molecule has 0 aliphatic rings. The van der Waals surface area contributed by atoms with E-state index in [-0.39, 0.29) is 31.0 Å². The van der Waals surface area contributed by atoms with E-state index < -0.39 is 10.0 Å². The van der Waals surface area contributed by atoms with Crippen molar-refractivity contribution in [2.75, 3.05) is 26.0 Å². The molecule has 0 radical (unpaired) electrons. The Hall–Kier alpha value is -2.39. The Labute approximate surface area is 140 Å². The third kappa shape index (κ3) is 5.67. The highest BCUT2D eigenvalue weighted by molar-refractivity contribution is 7.89. The topological polar surface area (TPSA) is 99.5 Å². The van der Waals surface area contributed by atoms with Gasteiger partial charge < -0.3 is 9.47 Å². The minimum Gasteiger partial charge on any atom is -0.497 e. The van der Waals surface area contributed by atoms with Crippen molar-refractivity contribution in [3.05, 3.63) is 52.9 Å². The molecule has 2 rings (SSSR count). The van der Waals surface area contributed by atoms with Crippen molar-refractivity contribution in [2.24, 2.45) is 0 Å². The summed E-state index contributed by atoms with van der Waals surface area (Å²) in [5.41, 5.74) is -0.278. The van der Waals surface area contributed by atoms with Crippen LogP contribution in [0.4, 0.5) is 0 Å². The molecule has 0 unspecified atom stereocenters. The minimum atomic E-state index is -3.49. The quantitative estimate of drug-likeness (QED) is 0.694. The van der Waals surface area contributed by atoms with Gasteiger partial charge in [0.15, 0.2) is 0 Å². The van der Waals surface area contributed by atoms with Crippen LogP contribution in [0.5, 0.6) is 11.5 Å². The predicted octanol–water partition coefficient (Wildman–Crippen LogP) is 0.250. The zero-order valence-corrected chi connectivity index (χ0v) is 14.0. The first-order chi connectivity index (χ1) is 11.5. The Balaban J connectivity index is 1.74. The van der Waals surface area contributed by atoms with Crippen molar-refractivity contribution in [3.63, 3.8) is 0 Å². The third-order valence-corrected chi connectivity index (χ3v) is 4.46. The standard InChI is InChI=1S/C15H19N3O5S/c1-22-13-4-6-14(7-5-13)23-11-12-24(20,21)17-9-10-18-15(19)3-2-8-16-18/h2-8,17H,9-12H2,1H3. The molecule has 9 heteroatoms.